The minimum absolute atomic E-state index is 0.148. The van der Waals surface area contributed by atoms with Gasteiger partial charge in [-0.1, -0.05) is 24.3 Å². The maximum absolute atomic E-state index is 12.7. The van der Waals surface area contributed by atoms with Crippen molar-refractivity contribution >= 4 is 40.4 Å². The van der Waals surface area contributed by atoms with E-state index in [0.717, 1.165) is 33.3 Å². The third-order valence-corrected chi connectivity index (χ3v) is 7.20. The molecule has 8 heteroatoms. The van der Waals surface area contributed by atoms with Crippen molar-refractivity contribution in [1.82, 2.24) is 10.2 Å². The van der Waals surface area contributed by atoms with Crippen molar-refractivity contribution in [3.05, 3.63) is 63.2 Å². The number of carbonyl (C=O) groups excluding carboxylic acids is 3. The van der Waals surface area contributed by atoms with Crippen LogP contribution in [0.4, 0.5) is 0 Å². The van der Waals surface area contributed by atoms with Crippen LogP contribution < -0.4 is 10.1 Å². The van der Waals surface area contributed by atoms with Gasteiger partial charge in [0.2, 0.25) is 11.8 Å². The lowest BCUT2D eigenvalue weighted by Gasteiger charge is -2.32. The largest absolute Gasteiger partial charge is 0.494 e. The van der Waals surface area contributed by atoms with Crippen LogP contribution in [0.2, 0.25) is 0 Å². The van der Waals surface area contributed by atoms with Crippen LogP contribution in [0.3, 0.4) is 0 Å². The second-order valence-corrected chi connectivity index (χ2v) is 10.3. The molecule has 194 valence electrons. The number of nitrogens with zero attached hydrogens (tertiary/aromatic N) is 1. The van der Waals surface area contributed by atoms with Gasteiger partial charge < -0.3 is 19.7 Å². The van der Waals surface area contributed by atoms with E-state index in [-0.39, 0.29) is 17.7 Å². The van der Waals surface area contributed by atoms with Crippen LogP contribution in [0.15, 0.2) is 48.5 Å². The fraction of sp³-hybridized carbons (Fsp3) is 0.464. The van der Waals surface area contributed by atoms with E-state index in [2.05, 4.69) is 27.9 Å². The third kappa shape index (κ3) is 8.80. The third-order valence-electron chi connectivity index (χ3n) is 6.48. The molecule has 1 atom stereocenters. The Kier molecular flexibility index (Phi) is 11.0. The number of aryl methyl sites for hydroxylation is 1. The van der Waals surface area contributed by atoms with Gasteiger partial charge in [-0.2, -0.15) is 0 Å². The molecule has 0 bridgehead atoms. The molecule has 2 aromatic rings. The van der Waals surface area contributed by atoms with Gasteiger partial charge in [0, 0.05) is 35.9 Å². The minimum atomic E-state index is -0.716. The first-order chi connectivity index (χ1) is 17.4. The number of hydrogen-bond donors (Lipinski definition) is 1. The molecule has 1 fully saturated rings. The fourth-order valence-electron chi connectivity index (χ4n) is 4.42. The van der Waals surface area contributed by atoms with E-state index >= 15 is 0 Å². The lowest BCUT2D eigenvalue weighted by Crippen LogP contribution is -2.44. The van der Waals surface area contributed by atoms with Gasteiger partial charge in [0.1, 0.15) is 11.8 Å². The number of likely N-dealkylation sites (tertiary alicyclic amines) is 1. The highest BCUT2D eigenvalue weighted by Gasteiger charge is 2.27. The summed E-state index contributed by atoms with van der Waals surface area (Å²) in [6.45, 7) is 3.90. The van der Waals surface area contributed by atoms with Gasteiger partial charge in [-0.15, -0.1) is 0 Å². The number of carbonyl (C=O) groups is 3. The Bertz CT molecular complexity index is 1000. The predicted octanol–water partition coefficient (Wildman–Crippen LogP) is 4.15. The molecule has 0 aromatic heterocycles. The van der Waals surface area contributed by atoms with Crippen molar-refractivity contribution in [3.63, 3.8) is 0 Å². The molecule has 1 aliphatic rings. The number of rotatable bonds is 11. The molecule has 0 spiro atoms. The second-order valence-electron chi connectivity index (χ2n) is 9.08. The normalized spacial score (nSPS) is 14.7. The van der Waals surface area contributed by atoms with E-state index in [1.807, 2.05) is 60.4 Å². The summed E-state index contributed by atoms with van der Waals surface area (Å²) in [5, 5.41) is 2.86. The zero-order valence-corrected chi connectivity index (χ0v) is 23.2. The van der Waals surface area contributed by atoms with Crippen LogP contribution in [0.5, 0.6) is 5.75 Å². The number of hydrogen-bond acceptors (Lipinski definition) is 5. The Hall–Kier alpha value is -2.62. The summed E-state index contributed by atoms with van der Waals surface area (Å²) in [5.74, 6) is 0.573. The molecule has 0 saturated carbocycles. The summed E-state index contributed by atoms with van der Waals surface area (Å²) < 4.78 is 11.5. The molecule has 1 N–H and O–H groups in total. The number of piperidine rings is 1. The highest BCUT2D eigenvalue weighted by atomic mass is 127. The molecule has 1 saturated heterocycles. The Balaban J connectivity index is 1.41. The molecular formula is C28H35IN2O5. The van der Waals surface area contributed by atoms with E-state index in [4.69, 9.17) is 9.47 Å². The lowest BCUT2D eigenvalue weighted by atomic mass is 9.92. The first-order valence-electron chi connectivity index (χ1n) is 12.5. The monoisotopic (exact) mass is 606 g/mol. The van der Waals surface area contributed by atoms with Crippen LogP contribution >= 0.6 is 22.6 Å². The Morgan fingerprint density at radius 2 is 1.67 bits per heavy atom. The van der Waals surface area contributed by atoms with Crippen LogP contribution in [0.25, 0.3) is 0 Å². The van der Waals surface area contributed by atoms with Crippen LogP contribution in [0, 0.1) is 9.49 Å². The Morgan fingerprint density at radius 1 is 1.03 bits per heavy atom. The SMILES string of the molecule is CCOc1ccc(CCC(=O)N2CCC(CC(=O)N[C@@H](Cc3ccc(I)cc3)C(=O)OC)CC2)cc1. The van der Waals surface area contributed by atoms with E-state index in [9.17, 15) is 14.4 Å². The zero-order chi connectivity index (χ0) is 25.9. The first kappa shape index (κ1) is 28.0. The fourth-order valence-corrected chi connectivity index (χ4v) is 4.78. The number of amides is 2. The molecule has 0 aliphatic carbocycles. The topological polar surface area (TPSA) is 84.9 Å². The predicted molar refractivity (Wildman–Crippen MR) is 147 cm³/mol. The van der Waals surface area contributed by atoms with Crippen molar-refractivity contribution in [2.75, 3.05) is 26.8 Å². The molecule has 7 nitrogen and oxygen atoms in total. The average Bonchev–Trinajstić information content (AvgIpc) is 2.89. The second kappa shape index (κ2) is 14.2. The van der Waals surface area contributed by atoms with Gasteiger partial charge in [-0.3, -0.25) is 9.59 Å². The number of ether oxygens (including phenoxy) is 2. The van der Waals surface area contributed by atoms with Gasteiger partial charge in [0.15, 0.2) is 0 Å². The van der Waals surface area contributed by atoms with Crippen molar-refractivity contribution in [1.29, 1.82) is 0 Å². The van der Waals surface area contributed by atoms with E-state index in [1.165, 1.54) is 7.11 Å². The van der Waals surface area contributed by atoms with Crippen molar-refractivity contribution in [3.8, 4) is 5.75 Å². The zero-order valence-electron chi connectivity index (χ0n) is 21.0. The molecule has 2 aromatic carbocycles. The van der Waals surface area contributed by atoms with Crippen molar-refractivity contribution < 1.29 is 23.9 Å². The average molecular weight is 607 g/mol. The molecule has 0 unspecified atom stereocenters. The molecular weight excluding hydrogens is 571 g/mol. The van der Waals surface area contributed by atoms with Crippen molar-refractivity contribution in [2.24, 2.45) is 5.92 Å². The van der Waals surface area contributed by atoms with Crippen LogP contribution in [-0.2, 0) is 32.0 Å². The van der Waals surface area contributed by atoms with E-state index in [1.54, 1.807) is 0 Å². The van der Waals surface area contributed by atoms with Gasteiger partial charge in [-0.25, -0.2) is 4.79 Å². The maximum atomic E-state index is 12.7. The summed E-state index contributed by atoms with van der Waals surface area (Å²) in [7, 11) is 1.33. The summed E-state index contributed by atoms with van der Waals surface area (Å²) in [6.07, 6.45) is 3.46. The summed E-state index contributed by atoms with van der Waals surface area (Å²) in [4.78, 5) is 39.6. The number of esters is 1. The smallest absolute Gasteiger partial charge is 0.328 e. The number of benzene rings is 2. The number of halogens is 1. The lowest BCUT2D eigenvalue weighted by molar-refractivity contribution is -0.145. The standard InChI is InChI=1S/C28H35IN2O5/c1-3-36-24-11-6-20(7-12-24)8-13-27(33)31-16-14-22(15-17-31)19-26(32)30-25(28(34)35-2)18-21-4-9-23(29)10-5-21/h4-7,9-12,22,25H,3,8,13-19H2,1-2H3,(H,30,32)/t25-/m0/s1. The van der Waals surface area contributed by atoms with Crippen molar-refractivity contribution in [2.45, 2.75) is 51.5 Å². The quantitative estimate of drug-likeness (QED) is 0.307. The summed E-state index contributed by atoms with van der Waals surface area (Å²) in [5.41, 5.74) is 2.08. The van der Waals surface area contributed by atoms with E-state index < -0.39 is 12.0 Å². The maximum Gasteiger partial charge on any atom is 0.328 e. The summed E-state index contributed by atoms with van der Waals surface area (Å²) >= 11 is 2.23. The molecule has 0 radical (unpaired) electrons. The Labute approximate surface area is 227 Å². The highest BCUT2D eigenvalue weighted by Crippen LogP contribution is 2.22. The number of methoxy groups -OCH3 is 1. The van der Waals surface area contributed by atoms with Gasteiger partial charge in [0.25, 0.3) is 0 Å². The van der Waals surface area contributed by atoms with E-state index in [0.29, 0.717) is 45.4 Å². The highest BCUT2D eigenvalue weighted by molar-refractivity contribution is 14.1. The Morgan fingerprint density at radius 3 is 2.28 bits per heavy atom. The number of nitrogens with one attached hydrogen (secondary N) is 1. The van der Waals surface area contributed by atoms with Gasteiger partial charge in [0.05, 0.1) is 13.7 Å². The summed E-state index contributed by atoms with van der Waals surface area (Å²) in [6, 6.07) is 15.0. The molecule has 3 rings (SSSR count). The minimum Gasteiger partial charge on any atom is -0.494 e. The molecule has 2 amide bonds. The van der Waals surface area contributed by atoms with Gasteiger partial charge in [-0.05, 0) is 90.1 Å². The van der Waals surface area contributed by atoms with Crippen LogP contribution in [-0.4, -0.2) is 55.5 Å². The molecule has 1 heterocycles. The first-order valence-corrected chi connectivity index (χ1v) is 13.6. The molecule has 36 heavy (non-hydrogen) atoms. The van der Waals surface area contributed by atoms with Gasteiger partial charge >= 0.3 is 5.97 Å². The van der Waals surface area contributed by atoms with Crippen LogP contribution in [0.1, 0.15) is 43.7 Å². The molecule has 1 aliphatic heterocycles.